The summed E-state index contributed by atoms with van der Waals surface area (Å²) in [5.41, 5.74) is 7.85. The fourth-order valence-electron chi connectivity index (χ4n) is 2.22. The summed E-state index contributed by atoms with van der Waals surface area (Å²) >= 11 is 5.00. The van der Waals surface area contributed by atoms with Gasteiger partial charge in [-0.1, -0.05) is 26.1 Å². The topological polar surface area (TPSA) is 30.9 Å². The molecule has 1 aromatic heterocycles. The molecule has 0 radical (unpaired) electrons. The van der Waals surface area contributed by atoms with Gasteiger partial charge in [-0.05, 0) is 43.0 Å². The molecule has 96 valence electrons. The van der Waals surface area contributed by atoms with Gasteiger partial charge >= 0.3 is 0 Å². The van der Waals surface area contributed by atoms with Gasteiger partial charge in [-0.2, -0.15) is 0 Å². The number of fused-ring (bicyclic) bond motifs is 1. The number of aryl methyl sites for hydroxylation is 1. The van der Waals surface area contributed by atoms with Crippen molar-refractivity contribution in [1.82, 2.24) is 4.57 Å². The van der Waals surface area contributed by atoms with Crippen LogP contribution < -0.4 is 5.73 Å². The zero-order valence-electron chi connectivity index (χ0n) is 11.0. The molecular formula is C15H20N2S. The normalized spacial score (nSPS) is 11.3. The monoisotopic (exact) mass is 260 g/mol. The number of rotatable bonds is 5. The minimum atomic E-state index is 0.462. The van der Waals surface area contributed by atoms with Gasteiger partial charge in [0, 0.05) is 29.2 Å². The van der Waals surface area contributed by atoms with Gasteiger partial charge in [-0.15, -0.1) is 0 Å². The van der Waals surface area contributed by atoms with Crippen LogP contribution in [0, 0.1) is 5.92 Å². The third kappa shape index (κ3) is 2.91. The molecule has 0 saturated heterocycles. The van der Waals surface area contributed by atoms with E-state index in [9.17, 15) is 0 Å². The number of benzene rings is 1. The second kappa shape index (κ2) is 5.53. The van der Waals surface area contributed by atoms with Gasteiger partial charge in [0.2, 0.25) is 0 Å². The lowest BCUT2D eigenvalue weighted by Crippen LogP contribution is -2.08. The van der Waals surface area contributed by atoms with Crippen molar-refractivity contribution in [3.05, 3.63) is 36.0 Å². The Morgan fingerprint density at radius 3 is 2.78 bits per heavy atom. The van der Waals surface area contributed by atoms with Crippen LogP contribution in [0.15, 0.2) is 30.5 Å². The Labute approximate surface area is 114 Å². The van der Waals surface area contributed by atoms with E-state index in [1.54, 1.807) is 0 Å². The molecule has 3 heteroatoms. The van der Waals surface area contributed by atoms with E-state index >= 15 is 0 Å². The second-order valence-corrected chi connectivity index (χ2v) is 5.62. The lowest BCUT2D eigenvalue weighted by atomic mass is 10.1. The smallest absolute Gasteiger partial charge is 0.104 e. The molecule has 2 aromatic rings. The maximum atomic E-state index is 5.65. The van der Waals surface area contributed by atoms with Crippen LogP contribution in [0.5, 0.6) is 0 Å². The molecule has 2 nitrogen and oxygen atoms in total. The zero-order chi connectivity index (χ0) is 13.1. The average Bonchev–Trinajstić information content (AvgIpc) is 2.71. The summed E-state index contributed by atoms with van der Waals surface area (Å²) in [6.07, 6.45) is 4.64. The Morgan fingerprint density at radius 1 is 1.33 bits per heavy atom. The van der Waals surface area contributed by atoms with Gasteiger partial charge < -0.3 is 10.3 Å². The highest BCUT2D eigenvalue weighted by Crippen LogP contribution is 2.19. The Hall–Kier alpha value is -1.35. The van der Waals surface area contributed by atoms with Crippen molar-refractivity contribution in [2.45, 2.75) is 33.2 Å². The summed E-state index contributed by atoms with van der Waals surface area (Å²) < 4.78 is 2.31. The summed E-state index contributed by atoms with van der Waals surface area (Å²) in [4.78, 5) is 0.462. The Balaban J connectivity index is 2.18. The molecule has 2 N–H and O–H groups in total. The first-order valence-corrected chi connectivity index (χ1v) is 6.87. The Morgan fingerprint density at radius 2 is 2.11 bits per heavy atom. The molecule has 0 saturated carbocycles. The van der Waals surface area contributed by atoms with Crippen LogP contribution in [0.2, 0.25) is 0 Å². The molecule has 1 heterocycles. The van der Waals surface area contributed by atoms with Gasteiger partial charge in [0.15, 0.2) is 0 Å². The molecule has 1 aromatic carbocycles. The van der Waals surface area contributed by atoms with Crippen LogP contribution in [0.4, 0.5) is 0 Å². The van der Waals surface area contributed by atoms with Crippen molar-refractivity contribution in [2.75, 3.05) is 0 Å². The predicted molar refractivity (Wildman–Crippen MR) is 81.9 cm³/mol. The van der Waals surface area contributed by atoms with E-state index in [4.69, 9.17) is 18.0 Å². The molecule has 2 rings (SSSR count). The first-order valence-electron chi connectivity index (χ1n) is 6.46. The highest BCUT2D eigenvalue weighted by molar-refractivity contribution is 7.80. The van der Waals surface area contributed by atoms with Gasteiger partial charge in [0.05, 0.1) is 0 Å². The van der Waals surface area contributed by atoms with Gasteiger partial charge in [-0.3, -0.25) is 0 Å². The number of nitrogens with two attached hydrogens (primary N) is 1. The van der Waals surface area contributed by atoms with Crippen LogP contribution in [-0.4, -0.2) is 9.56 Å². The van der Waals surface area contributed by atoms with Gasteiger partial charge in [-0.25, -0.2) is 0 Å². The summed E-state index contributed by atoms with van der Waals surface area (Å²) in [5, 5.41) is 1.21. The van der Waals surface area contributed by atoms with Crippen molar-refractivity contribution < 1.29 is 0 Å². The lowest BCUT2D eigenvalue weighted by Gasteiger charge is -2.07. The van der Waals surface area contributed by atoms with Crippen molar-refractivity contribution in [1.29, 1.82) is 0 Å². The van der Waals surface area contributed by atoms with Crippen LogP contribution in [0.3, 0.4) is 0 Å². The summed E-state index contributed by atoms with van der Waals surface area (Å²) in [6, 6.07) is 8.31. The van der Waals surface area contributed by atoms with Crippen LogP contribution in [-0.2, 0) is 6.54 Å². The van der Waals surface area contributed by atoms with E-state index in [0.29, 0.717) is 4.99 Å². The van der Waals surface area contributed by atoms with E-state index in [1.165, 1.54) is 23.7 Å². The molecular weight excluding hydrogens is 240 g/mol. The van der Waals surface area contributed by atoms with Crippen LogP contribution >= 0.6 is 12.2 Å². The number of thiocarbonyl (C=S) groups is 1. The van der Waals surface area contributed by atoms with Crippen LogP contribution in [0.25, 0.3) is 10.9 Å². The Bertz CT molecular complexity index is 555. The molecule has 0 unspecified atom stereocenters. The first kappa shape index (κ1) is 13.1. The first-order chi connectivity index (χ1) is 8.58. The largest absolute Gasteiger partial charge is 0.389 e. The third-order valence-electron chi connectivity index (χ3n) is 3.24. The number of hydrogen-bond donors (Lipinski definition) is 1. The van der Waals surface area contributed by atoms with E-state index in [2.05, 4.69) is 42.8 Å². The average molecular weight is 260 g/mol. The zero-order valence-corrected chi connectivity index (χ0v) is 11.8. The molecule has 0 aliphatic carbocycles. The molecule has 0 bridgehead atoms. The van der Waals surface area contributed by atoms with Crippen molar-refractivity contribution in [3.8, 4) is 0 Å². The maximum Gasteiger partial charge on any atom is 0.104 e. The highest BCUT2D eigenvalue weighted by Gasteiger charge is 2.04. The molecule has 18 heavy (non-hydrogen) atoms. The predicted octanol–water partition coefficient (Wildman–Crippen LogP) is 3.71. The summed E-state index contributed by atoms with van der Waals surface area (Å²) in [6.45, 7) is 5.61. The van der Waals surface area contributed by atoms with Crippen molar-refractivity contribution in [2.24, 2.45) is 11.7 Å². The number of aromatic nitrogens is 1. The van der Waals surface area contributed by atoms with E-state index in [1.807, 2.05) is 6.07 Å². The standard InChI is InChI=1S/C15H20N2S/c1-11(2)4-3-8-17-9-7-12-10-13(15(16)18)5-6-14(12)17/h5-7,9-11H,3-4,8H2,1-2H3,(H2,16,18). The fourth-order valence-corrected chi connectivity index (χ4v) is 2.35. The molecule has 0 aliphatic rings. The van der Waals surface area contributed by atoms with E-state index in [0.717, 1.165) is 18.0 Å². The van der Waals surface area contributed by atoms with Crippen molar-refractivity contribution >= 4 is 28.1 Å². The van der Waals surface area contributed by atoms with Gasteiger partial charge in [0.25, 0.3) is 0 Å². The Kier molecular flexibility index (Phi) is 4.02. The summed E-state index contributed by atoms with van der Waals surface area (Å²) in [5.74, 6) is 0.771. The van der Waals surface area contributed by atoms with E-state index in [-0.39, 0.29) is 0 Å². The van der Waals surface area contributed by atoms with Crippen molar-refractivity contribution in [3.63, 3.8) is 0 Å². The minimum Gasteiger partial charge on any atom is -0.389 e. The molecule has 0 fully saturated rings. The van der Waals surface area contributed by atoms with E-state index < -0.39 is 0 Å². The second-order valence-electron chi connectivity index (χ2n) is 5.18. The SMILES string of the molecule is CC(C)CCCn1ccc2cc(C(N)=S)ccc21. The highest BCUT2D eigenvalue weighted by atomic mass is 32.1. The quantitative estimate of drug-likeness (QED) is 0.831. The fraction of sp³-hybridized carbons (Fsp3) is 0.400. The molecule has 0 atom stereocenters. The molecule has 0 amide bonds. The van der Waals surface area contributed by atoms with Crippen LogP contribution in [0.1, 0.15) is 32.3 Å². The molecule has 0 aliphatic heterocycles. The minimum absolute atomic E-state index is 0.462. The van der Waals surface area contributed by atoms with Gasteiger partial charge in [0.1, 0.15) is 4.99 Å². The third-order valence-corrected chi connectivity index (χ3v) is 3.47. The summed E-state index contributed by atoms with van der Waals surface area (Å²) in [7, 11) is 0. The molecule has 0 spiro atoms. The lowest BCUT2D eigenvalue weighted by molar-refractivity contribution is 0.518. The number of nitrogens with zero attached hydrogens (tertiary/aromatic N) is 1. The maximum absolute atomic E-state index is 5.65. The number of hydrogen-bond acceptors (Lipinski definition) is 1.